The van der Waals surface area contributed by atoms with E-state index in [1.165, 1.54) is 0 Å². The summed E-state index contributed by atoms with van der Waals surface area (Å²) in [6.45, 7) is 11.8. The molecule has 1 fully saturated rings. The minimum atomic E-state index is -0.267. The predicted molar refractivity (Wildman–Crippen MR) is 79.8 cm³/mol. The maximum Gasteiger partial charge on any atom is 0.324 e. The molecule has 1 rings (SSSR count). The molecule has 0 saturated carbocycles. The van der Waals surface area contributed by atoms with Gasteiger partial charge in [0.2, 0.25) is 0 Å². The quantitative estimate of drug-likeness (QED) is 0.650. The average Bonchev–Trinajstić information content (AvgIpc) is 2.89. The van der Waals surface area contributed by atoms with Crippen LogP contribution >= 0.6 is 0 Å². The molecule has 2 atom stereocenters. The van der Waals surface area contributed by atoms with Gasteiger partial charge in [-0.15, -0.1) is 0 Å². The van der Waals surface area contributed by atoms with Crippen LogP contribution in [-0.4, -0.2) is 61.9 Å². The van der Waals surface area contributed by atoms with Crippen LogP contribution in [0.4, 0.5) is 0 Å². The van der Waals surface area contributed by atoms with Gasteiger partial charge in [0, 0.05) is 25.7 Å². The van der Waals surface area contributed by atoms with Crippen molar-refractivity contribution in [3.63, 3.8) is 0 Å². The average molecular weight is 286 g/mol. The Hall–Kier alpha value is -0.650. The number of carbonyl (C=O) groups is 1. The van der Waals surface area contributed by atoms with Crippen LogP contribution in [-0.2, 0) is 14.3 Å². The minimum absolute atomic E-state index is 0.160. The maximum absolute atomic E-state index is 12.0. The number of rotatable bonds is 9. The fourth-order valence-electron chi connectivity index (χ4n) is 2.51. The standard InChI is InChI=1S/C15H30N2O3/c1-5-17(10-13-8-7-9-20-13)11-14(16-12(3)4)15(18)19-6-2/h12-14,16H,5-11H2,1-4H3. The van der Waals surface area contributed by atoms with E-state index in [2.05, 4.69) is 17.1 Å². The lowest BCUT2D eigenvalue weighted by Crippen LogP contribution is -2.50. The predicted octanol–water partition coefficient (Wildman–Crippen LogP) is 1.42. The molecule has 1 aliphatic rings. The van der Waals surface area contributed by atoms with Crippen LogP contribution in [0.1, 0.15) is 40.5 Å². The van der Waals surface area contributed by atoms with Crippen molar-refractivity contribution in [1.82, 2.24) is 10.2 Å². The van der Waals surface area contributed by atoms with Gasteiger partial charge in [0.1, 0.15) is 6.04 Å². The second-order valence-electron chi connectivity index (χ2n) is 5.61. The van der Waals surface area contributed by atoms with Crippen LogP contribution in [0, 0.1) is 0 Å². The molecule has 0 bridgehead atoms. The molecule has 2 unspecified atom stereocenters. The molecule has 20 heavy (non-hydrogen) atoms. The fourth-order valence-corrected chi connectivity index (χ4v) is 2.51. The van der Waals surface area contributed by atoms with Gasteiger partial charge in [0.15, 0.2) is 0 Å². The summed E-state index contributed by atoms with van der Waals surface area (Å²) in [5.41, 5.74) is 0. The molecule has 0 radical (unpaired) electrons. The molecule has 5 heteroatoms. The first-order valence-corrected chi connectivity index (χ1v) is 7.83. The number of hydrogen-bond acceptors (Lipinski definition) is 5. The fraction of sp³-hybridized carbons (Fsp3) is 0.933. The number of nitrogens with zero attached hydrogens (tertiary/aromatic N) is 1. The van der Waals surface area contributed by atoms with Gasteiger partial charge < -0.3 is 14.8 Å². The normalized spacial score (nSPS) is 20.6. The van der Waals surface area contributed by atoms with Crippen molar-refractivity contribution in [3.05, 3.63) is 0 Å². The highest BCUT2D eigenvalue weighted by Gasteiger charge is 2.25. The van der Waals surface area contributed by atoms with E-state index in [0.717, 1.165) is 32.5 Å². The number of nitrogens with one attached hydrogen (secondary N) is 1. The van der Waals surface area contributed by atoms with Crippen LogP contribution < -0.4 is 5.32 Å². The number of hydrogen-bond donors (Lipinski definition) is 1. The highest BCUT2D eigenvalue weighted by atomic mass is 16.5. The van der Waals surface area contributed by atoms with Gasteiger partial charge in [-0.25, -0.2) is 0 Å². The Morgan fingerprint density at radius 3 is 2.70 bits per heavy atom. The van der Waals surface area contributed by atoms with Crippen LogP contribution in [0.5, 0.6) is 0 Å². The van der Waals surface area contributed by atoms with E-state index < -0.39 is 0 Å². The zero-order valence-corrected chi connectivity index (χ0v) is 13.4. The topological polar surface area (TPSA) is 50.8 Å². The van der Waals surface area contributed by atoms with Gasteiger partial charge in [-0.1, -0.05) is 20.8 Å². The maximum atomic E-state index is 12.0. The molecule has 1 saturated heterocycles. The van der Waals surface area contributed by atoms with Gasteiger partial charge in [0.25, 0.3) is 0 Å². The van der Waals surface area contributed by atoms with Crippen LogP contribution in [0.15, 0.2) is 0 Å². The van der Waals surface area contributed by atoms with Gasteiger partial charge >= 0.3 is 5.97 Å². The summed E-state index contributed by atoms with van der Waals surface area (Å²) in [6, 6.07) is -0.0119. The van der Waals surface area contributed by atoms with Gasteiger partial charge in [-0.2, -0.15) is 0 Å². The van der Waals surface area contributed by atoms with Gasteiger partial charge in [-0.3, -0.25) is 9.69 Å². The van der Waals surface area contributed by atoms with E-state index in [9.17, 15) is 4.79 Å². The highest BCUT2D eigenvalue weighted by molar-refractivity contribution is 5.76. The van der Waals surface area contributed by atoms with Crippen molar-refractivity contribution in [3.8, 4) is 0 Å². The SMILES string of the molecule is CCOC(=O)C(CN(CC)CC1CCCO1)NC(C)C. The largest absolute Gasteiger partial charge is 0.465 e. The smallest absolute Gasteiger partial charge is 0.324 e. The Morgan fingerprint density at radius 1 is 1.45 bits per heavy atom. The Balaban J connectivity index is 2.52. The first-order chi connectivity index (χ1) is 9.56. The summed E-state index contributed by atoms with van der Waals surface area (Å²) < 4.78 is 10.8. The summed E-state index contributed by atoms with van der Waals surface area (Å²) in [7, 11) is 0. The number of ether oxygens (including phenoxy) is 2. The second kappa shape index (κ2) is 9.32. The van der Waals surface area contributed by atoms with E-state index in [-0.39, 0.29) is 18.1 Å². The Labute approximate surface area is 123 Å². The van der Waals surface area contributed by atoms with E-state index in [1.807, 2.05) is 20.8 Å². The Kier molecular flexibility index (Phi) is 8.11. The molecular weight excluding hydrogens is 256 g/mol. The molecule has 0 aromatic heterocycles. The molecular formula is C15H30N2O3. The number of likely N-dealkylation sites (N-methyl/N-ethyl adjacent to an activating group) is 1. The first-order valence-electron chi connectivity index (χ1n) is 7.83. The minimum Gasteiger partial charge on any atom is -0.465 e. The summed E-state index contributed by atoms with van der Waals surface area (Å²) in [4.78, 5) is 14.3. The van der Waals surface area contributed by atoms with E-state index in [0.29, 0.717) is 19.3 Å². The molecule has 0 aromatic carbocycles. The van der Waals surface area contributed by atoms with E-state index in [1.54, 1.807) is 0 Å². The second-order valence-corrected chi connectivity index (χ2v) is 5.61. The van der Waals surface area contributed by atoms with E-state index in [4.69, 9.17) is 9.47 Å². The zero-order valence-electron chi connectivity index (χ0n) is 13.4. The lowest BCUT2D eigenvalue weighted by molar-refractivity contribution is -0.146. The summed E-state index contributed by atoms with van der Waals surface area (Å²) in [5.74, 6) is -0.160. The molecule has 1 heterocycles. The first kappa shape index (κ1) is 17.4. The summed E-state index contributed by atoms with van der Waals surface area (Å²) >= 11 is 0. The highest BCUT2D eigenvalue weighted by Crippen LogP contribution is 2.13. The van der Waals surface area contributed by atoms with Crippen molar-refractivity contribution in [1.29, 1.82) is 0 Å². The lowest BCUT2D eigenvalue weighted by Gasteiger charge is -2.28. The van der Waals surface area contributed by atoms with Crippen LogP contribution in [0.3, 0.4) is 0 Å². The van der Waals surface area contributed by atoms with Crippen molar-refractivity contribution in [2.24, 2.45) is 0 Å². The molecule has 1 aliphatic heterocycles. The molecule has 0 aromatic rings. The van der Waals surface area contributed by atoms with Crippen LogP contribution in [0.25, 0.3) is 0 Å². The van der Waals surface area contributed by atoms with Gasteiger partial charge in [-0.05, 0) is 26.3 Å². The van der Waals surface area contributed by atoms with Crippen molar-refractivity contribution in [2.75, 3.05) is 32.8 Å². The molecule has 5 nitrogen and oxygen atoms in total. The molecule has 118 valence electrons. The molecule has 0 spiro atoms. The lowest BCUT2D eigenvalue weighted by atomic mass is 10.2. The van der Waals surface area contributed by atoms with Crippen molar-refractivity contribution >= 4 is 5.97 Å². The molecule has 1 N–H and O–H groups in total. The molecule has 0 aliphatic carbocycles. The van der Waals surface area contributed by atoms with Crippen molar-refractivity contribution in [2.45, 2.75) is 58.7 Å². The summed E-state index contributed by atoms with van der Waals surface area (Å²) in [6.07, 6.45) is 2.59. The zero-order chi connectivity index (χ0) is 15.0. The Bertz CT molecular complexity index is 278. The monoisotopic (exact) mass is 286 g/mol. The number of carbonyl (C=O) groups excluding carboxylic acids is 1. The third-order valence-corrected chi connectivity index (χ3v) is 3.48. The summed E-state index contributed by atoms with van der Waals surface area (Å²) in [5, 5.41) is 3.30. The van der Waals surface area contributed by atoms with Crippen LogP contribution in [0.2, 0.25) is 0 Å². The third kappa shape index (κ3) is 6.20. The van der Waals surface area contributed by atoms with Gasteiger partial charge in [0.05, 0.1) is 12.7 Å². The van der Waals surface area contributed by atoms with Crippen molar-refractivity contribution < 1.29 is 14.3 Å². The Morgan fingerprint density at radius 2 is 2.20 bits per heavy atom. The number of esters is 1. The van der Waals surface area contributed by atoms with E-state index >= 15 is 0 Å². The molecule has 0 amide bonds. The third-order valence-electron chi connectivity index (χ3n) is 3.48.